The first-order chi connectivity index (χ1) is 18.0. The Morgan fingerprint density at radius 1 is 1.05 bits per heavy atom. The van der Waals surface area contributed by atoms with Crippen molar-refractivity contribution in [3.05, 3.63) is 65.7 Å². The number of nitrogens with one attached hydrogen (secondary N) is 3. The maximum absolute atomic E-state index is 13.7. The normalized spacial score (nSPS) is 23.3. The van der Waals surface area contributed by atoms with Crippen molar-refractivity contribution in [1.82, 2.24) is 16.0 Å². The molecule has 9 nitrogen and oxygen atoms in total. The zero-order chi connectivity index (χ0) is 27.8. The van der Waals surface area contributed by atoms with Crippen LogP contribution in [0, 0.1) is 11.8 Å². The minimum atomic E-state index is -1.11. The molecule has 0 saturated carbocycles. The molecule has 206 valence electrons. The third kappa shape index (κ3) is 8.03. The summed E-state index contributed by atoms with van der Waals surface area (Å²) in [6.45, 7) is 7.67. The molecule has 2 bridgehead atoms. The van der Waals surface area contributed by atoms with Crippen molar-refractivity contribution < 1.29 is 24.2 Å². The number of benzene rings is 2. The second-order valence-electron chi connectivity index (χ2n) is 10.6. The highest BCUT2D eigenvalue weighted by Crippen LogP contribution is 2.23. The molecule has 0 spiro atoms. The lowest BCUT2D eigenvalue weighted by Crippen LogP contribution is -2.62. The smallest absolute Gasteiger partial charge is 0.247 e. The van der Waals surface area contributed by atoms with Crippen LogP contribution in [0.4, 0.5) is 0 Å². The van der Waals surface area contributed by atoms with Crippen molar-refractivity contribution >= 4 is 17.7 Å². The Kier molecular flexibility index (Phi) is 10.3. The first-order valence-electron chi connectivity index (χ1n) is 13.2. The number of hydrogen-bond acceptors (Lipinski definition) is 6. The van der Waals surface area contributed by atoms with Gasteiger partial charge in [-0.3, -0.25) is 14.4 Å². The molecule has 2 aromatic carbocycles. The standard InChI is InChI=1S/C29H40N4O5/c1-17(2)14-23-28(36)31-16-24(34)20-10-12-21(13-11-20)38-26(18(3)4)25(29(37)32-23)33-27(35)22(30)15-19-8-6-5-7-9-19/h5-13,17-18,22-26,34H,14-16,30H2,1-4H3,(H,31,36)(H,32,37)(H,33,35)/t22-,23-,24-,25-,26-/m0/s1. The van der Waals surface area contributed by atoms with E-state index in [1.807, 2.05) is 58.0 Å². The fourth-order valence-corrected chi connectivity index (χ4v) is 4.44. The molecule has 2 aromatic rings. The summed E-state index contributed by atoms with van der Waals surface area (Å²) >= 11 is 0. The van der Waals surface area contributed by atoms with Crippen LogP contribution in [0.2, 0.25) is 0 Å². The summed E-state index contributed by atoms with van der Waals surface area (Å²) in [6.07, 6.45) is -0.992. The van der Waals surface area contributed by atoms with Gasteiger partial charge in [-0.2, -0.15) is 0 Å². The van der Waals surface area contributed by atoms with E-state index in [9.17, 15) is 19.5 Å². The van der Waals surface area contributed by atoms with Crippen LogP contribution in [-0.2, 0) is 20.8 Å². The average molecular weight is 525 g/mol. The number of aliphatic hydroxyl groups is 1. The average Bonchev–Trinajstić information content (AvgIpc) is 2.88. The van der Waals surface area contributed by atoms with Crippen molar-refractivity contribution in [2.45, 2.75) is 70.9 Å². The van der Waals surface area contributed by atoms with Gasteiger partial charge in [-0.25, -0.2) is 0 Å². The lowest BCUT2D eigenvalue weighted by molar-refractivity contribution is -0.135. The molecule has 5 atom stereocenters. The lowest BCUT2D eigenvalue weighted by Gasteiger charge is -2.33. The number of rotatable bonds is 7. The van der Waals surface area contributed by atoms with Crippen LogP contribution in [0.25, 0.3) is 0 Å². The number of hydrogen-bond donors (Lipinski definition) is 5. The van der Waals surface area contributed by atoms with Gasteiger partial charge in [-0.1, -0.05) is 70.2 Å². The maximum atomic E-state index is 13.7. The van der Waals surface area contributed by atoms with Gasteiger partial charge in [0.25, 0.3) is 0 Å². The predicted octanol–water partition coefficient (Wildman–Crippen LogP) is 1.84. The second-order valence-corrected chi connectivity index (χ2v) is 10.6. The monoisotopic (exact) mass is 524 g/mol. The molecule has 6 N–H and O–H groups in total. The van der Waals surface area contributed by atoms with E-state index in [1.54, 1.807) is 24.3 Å². The fourth-order valence-electron chi connectivity index (χ4n) is 4.44. The fraction of sp³-hybridized carbons (Fsp3) is 0.483. The van der Waals surface area contributed by atoms with Crippen LogP contribution in [0.15, 0.2) is 54.6 Å². The highest BCUT2D eigenvalue weighted by atomic mass is 16.5. The summed E-state index contributed by atoms with van der Waals surface area (Å²) in [5.41, 5.74) is 7.75. The molecule has 0 unspecified atom stereocenters. The van der Waals surface area contributed by atoms with E-state index in [2.05, 4.69) is 16.0 Å². The van der Waals surface area contributed by atoms with E-state index in [1.165, 1.54) is 0 Å². The molecule has 0 aromatic heterocycles. The Balaban J connectivity index is 1.94. The van der Waals surface area contributed by atoms with E-state index >= 15 is 0 Å². The van der Waals surface area contributed by atoms with Gasteiger partial charge in [-0.05, 0) is 47.9 Å². The topological polar surface area (TPSA) is 143 Å². The molecule has 9 heteroatoms. The number of amides is 3. The van der Waals surface area contributed by atoms with Crippen LogP contribution in [0.1, 0.15) is 51.3 Å². The van der Waals surface area contributed by atoms with Gasteiger partial charge in [0.2, 0.25) is 17.7 Å². The van der Waals surface area contributed by atoms with Crippen molar-refractivity contribution in [2.24, 2.45) is 17.6 Å². The van der Waals surface area contributed by atoms with Crippen molar-refractivity contribution in [3.63, 3.8) is 0 Å². The van der Waals surface area contributed by atoms with Gasteiger partial charge in [0, 0.05) is 6.54 Å². The number of ether oxygens (including phenoxy) is 1. The van der Waals surface area contributed by atoms with E-state index in [-0.39, 0.29) is 18.4 Å². The second kappa shape index (κ2) is 13.4. The maximum Gasteiger partial charge on any atom is 0.247 e. The summed E-state index contributed by atoms with van der Waals surface area (Å²) in [7, 11) is 0. The van der Waals surface area contributed by atoms with E-state index in [0.29, 0.717) is 24.2 Å². The summed E-state index contributed by atoms with van der Waals surface area (Å²) in [6, 6.07) is 13.4. The zero-order valence-electron chi connectivity index (χ0n) is 22.5. The Labute approximate surface area is 224 Å². The van der Waals surface area contributed by atoms with Crippen LogP contribution in [0.5, 0.6) is 5.75 Å². The summed E-state index contributed by atoms with van der Waals surface area (Å²) < 4.78 is 6.24. The highest BCUT2D eigenvalue weighted by Gasteiger charge is 2.37. The molecule has 2 heterocycles. The number of carbonyl (C=O) groups excluding carboxylic acids is 3. The van der Waals surface area contributed by atoms with Crippen molar-refractivity contribution in [3.8, 4) is 5.75 Å². The number of nitrogens with two attached hydrogens (primary N) is 1. The van der Waals surface area contributed by atoms with Gasteiger partial charge in [0.15, 0.2) is 0 Å². The molecular weight excluding hydrogens is 484 g/mol. The number of fused-ring (bicyclic) bond motifs is 11. The molecular formula is C29H40N4O5. The SMILES string of the molecule is CC(C)C[C@@H]1NC(=O)[C@@H](NC(=O)[C@@H](N)Cc2ccccc2)[C@H](C(C)C)Oc2ccc(cc2)[C@@H](O)CNC1=O. The van der Waals surface area contributed by atoms with E-state index < -0.39 is 48.1 Å². The molecule has 38 heavy (non-hydrogen) atoms. The van der Waals surface area contributed by atoms with Gasteiger partial charge in [0.05, 0.1) is 12.1 Å². The Morgan fingerprint density at radius 2 is 1.71 bits per heavy atom. The Morgan fingerprint density at radius 3 is 2.32 bits per heavy atom. The molecule has 0 fully saturated rings. The molecule has 0 saturated heterocycles. The van der Waals surface area contributed by atoms with Gasteiger partial charge < -0.3 is 31.5 Å². The molecule has 2 aliphatic heterocycles. The van der Waals surface area contributed by atoms with Gasteiger partial charge in [0.1, 0.15) is 23.9 Å². The molecule has 4 rings (SSSR count). The molecule has 3 amide bonds. The quantitative estimate of drug-likeness (QED) is 0.374. The minimum absolute atomic E-state index is 0.00732. The largest absolute Gasteiger partial charge is 0.487 e. The van der Waals surface area contributed by atoms with Crippen LogP contribution in [0.3, 0.4) is 0 Å². The third-order valence-corrected chi connectivity index (χ3v) is 6.55. The molecule has 0 radical (unpaired) electrons. The van der Waals surface area contributed by atoms with Crippen LogP contribution < -0.4 is 26.4 Å². The number of carbonyl (C=O) groups is 3. The Bertz CT molecular complexity index is 1070. The Hall–Kier alpha value is -3.43. The van der Waals surface area contributed by atoms with Gasteiger partial charge in [-0.15, -0.1) is 0 Å². The first-order valence-corrected chi connectivity index (χ1v) is 13.2. The van der Waals surface area contributed by atoms with E-state index in [0.717, 1.165) is 5.56 Å². The van der Waals surface area contributed by atoms with Crippen molar-refractivity contribution in [2.75, 3.05) is 6.54 Å². The number of aliphatic hydroxyl groups excluding tert-OH is 1. The highest BCUT2D eigenvalue weighted by molar-refractivity contribution is 5.93. The third-order valence-electron chi connectivity index (χ3n) is 6.55. The lowest BCUT2D eigenvalue weighted by atomic mass is 9.96. The first kappa shape index (κ1) is 29.1. The van der Waals surface area contributed by atoms with E-state index in [4.69, 9.17) is 10.5 Å². The van der Waals surface area contributed by atoms with Gasteiger partial charge >= 0.3 is 0 Å². The summed E-state index contributed by atoms with van der Waals surface area (Å²) in [4.78, 5) is 39.9. The molecule has 0 aliphatic carbocycles. The minimum Gasteiger partial charge on any atom is -0.487 e. The van der Waals surface area contributed by atoms with Crippen molar-refractivity contribution in [1.29, 1.82) is 0 Å². The molecule has 2 aliphatic rings. The summed E-state index contributed by atoms with van der Waals surface area (Å²) in [5, 5.41) is 18.9. The summed E-state index contributed by atoms with van der Waals surface area (Å²) in [5.74, 6) is -1.04. The predicted molar refractivity (Wildman–Crippen MR) is 145 cm³/mol. The van der Waals surface area contributed by atoms with Crippen LogP contribution >= 0.6 is 0 Å². The van der Waals surface area contributed by atoms with Crippen LogP contribution in [-0.4, -0.2) is 53.6 Å². The zero-order valence-corrected chi connectivity index (χ0v) is 22.5.